The second-order valence-electron chi connectivity index (χ2n) is 11.8. The molecule has 0 atom stereocenters. The Labute approximate surface area is 299 Å². The number of halogens is 11. The number of hydrogen-bond acceptors (Lipinski definition) is 6. The summed E-state index contributed by atoms with van der Waals surface area (Å²) in [6.45, 7) is 16.3. The van der Waals surface area contributed by atoms with Crippen LogP contribution in [0, 0.1) is 89.3 Å². The quantitative estimate of drug-likeness (QED) is 0.104. The van der Waals surface area contributed by atoms with Crippen LogP contribution in [0.2, 0.25) is 0 Å². The van der Waals surface area contributed by atoms with Crippen LogP contribution in [-0.2, 0) is 19.0 Å². The van der Waals surface area contributed by atoms with Crippen LogP contribution in [0.15, 0.2) is 12.4 Å². The number of benzene rings is 3. The third kappa shape index (κ3) is 5.01. The van der Waals surface area contributed by atoms with Crippen LogP contribution >= 0.6 is 0 Å². The monoisotopic (exact) mass is 762 g/mol. The highest BCUT2D eigenvalue weighted by Crippen LogP contribution is 2.43. The minimum absolute atomic E-state index is 0.0387. The molecule has 7 rings (SSSR count). The topological polar surface area (TPSA) is 108 Å². The Kier molecular flexibility index (Phi) is 8.16. The van der Waals surface area contributed by atoms with Crippen molar-refractivity contribution in [3.05, 3.63) is 126 Å². The zero-order valence-electron chi connectivity index (χ0n) is 26.8. The Morgan fingerprint density at radius 3 is 1.31 bits per heavy atom. The molecule has 0 spiro atoms. The maximum Gasteiger partial charge on any atom is 0.422 e. The first-order valence-corrected chi connectivity index (χ1v) is 15.0. The van der Waals surface area contributed by atoms with Crippen molar-refractivity contribution < 1.29 is 48.3 Å². The average molecular weight is 763 g/mol. The molecule has 55 heavy (non-hydrogen) atoms. The van der Waals surface area contributed by atoms with E-state index in [1.165, 1.54) is 0 Å². The largest absolute Gasteiger partial charge is 0.422 e. The van der Waals surface area contributed by atoms with Crippen molar-refractivity contribution in [3.8, 4) is 57.2 Å². The van der Waals surface area contributed by atoms with Gasteiger partial charge < -0.3 is 0 Å². The van der Waals surface area contributed by atoms with Crippen molar-refractivity contribution in [2.45, 2.75) is 25.9 Å². The van der Waals surface area contributed by atoms with E-state index in [4.69, 9.17) is 13.1 Å². The van der Waals surface area contributed by atoms with Crippen LogP contribution in [0.1, 0.15) is 33.6 Å². The number of aromatic nitrogens is 4. The van der Waals surface area contributed by atoms with E-state index in [2.05, 4.69) is 29.6 Å². The standard InChI is InChI=1S/C36H9F11N8/c1-10-26(37)28(39)23(29(40)27(10)38)17-8-52-13-4-11-20(16(7-49)51-3)22-12(19(15(6-48)50-2)21(11)34(13)54-17)5-14-35(22)55-18(9-53-14)24-30(41)32(43)25(36(45,46)47)33(44)31(24)42/h8-9H,4-5H2,1H3/b19-15-,20-16+. The maximum atomic E-state index is 15.1. The molecule has 0 amide bonds. The van der Waals surface area contributed by atoms with Gasteiger partial charge in [0.05, 0.1) is 83.0 Å². The number of rotatable bonds is 2. The van der Waals surface area contributed by atoms with Gasteiger partial charge in [0, 0.05) is 40.0 Å². The molecule has 2 heterocycles. The molecule has 0 saturated heterocycles. The first kappa shape index (κ1) is 36.1. The van der Waals surface area contributed by atoms with E-state index in [9.17, 15) is 41.3 Å². The fourth-order valence-corrected chi connectivity index (χ4v) is 6.66. The molecule has 8 nitrogen and oxygen atoms in total. The van der Waals surface area contributed by atoms with Crippen molar-refractivity contribution in [1.29, 1.82) is 10.5 Å². The highest BCUT2D eigenvalue weighted by molar-refractivity contribution is 5.91. The number of nitriles is 2. The molecule has 0 bridgehead atoms. The third-order valence-corrected chi connectivity index (χ3v) is 9.02. The summed E-state index contributed by atoms with van der Waals surface area (Å²) in [6.07, 6.45) is -5.30. The lowest BCUT2D eigenvalue weighted by atomic mass is 9.92. The molecular weight excluding hydrogens is 753 g/mol. The minimum Gasteiger partial charge on any atom is -0.256 e. The highest BCUT2D eigenvalue weighted by Gasteiger charge is 2.43. The van der Waals surface area contributed by atoms with Crippen LogP contribution in [0.5, 0.6) is 0 Å². The van der Waals surface area contributed by atoms with E-state index in [1.54, 1.807) is 12.1 Å². The van der Waals surface area contributed by atoms with Gasteiger partial charge in [-0.3, -0.25) is 9.97 Å². The van der Waals surface area contributed by atoms with Crippen molar-refractivity contribution in [3.63, 3.8) is 0 Å². The Morgan fingerprint density at radius 1 is 0.618 bits per heavy atom. The second kappa shape index (κ2) is 12.4. The predicted molar refractivity (Wildman–Crippen MR) is 165 cm³/mol. The Morgan fingerprint density at radius 2 is 0.982 bits per heavy atom. The van der Waals surface area contributed by atoms with E-state index < -0.39 is 110 Å². The summed E-state index contributed by atoms with van der Waals surface area (Å²) in [4.78, 5) is 22.9. The van der Waals surface area contributed by atoms with E-state index in [-0.39, 0.29) is 56.2 Å². The molecule has 2 aliphatic carbocycles. The highest BCUT2D eigenvalue weighted by atomic mass is 19.4. The Hall–Kier alpha value is -7.25. The summed E-state index contributed by atoms with van der Waals surface area (Å²) in [5, 5.41) is 19.6. The first-order chi connectivity index (χ1) is 26.0. The van der Waals surface area contributed by atoms with Gasteiger partial charge in [-0.05, 0) is 18.1 Å². The minimum atomic E-state index is -5.85. The normalized spacial score (nSPS) is 13.5. The van der Waals surface area contributed by atoms with Gasteiger partial charge in [0.2, 0.25) is 0 Å². The van der Waals surface area contributed by atoms with E-state index in [1.807, 2.05) is 0 Å². The molecule has 0 radical (unpaired) electrons. The Balaban J connectivity index is 1.59. The van der Waals surface area contributed by atoms with Crippen LogP contribution in [0.25, 0.3) is 66.1 Å². The van der Waals surface area contributed by atoms with Crippen LogP contribution < -0.4 is 10.4 Å². The maximum absolute atomic E-state index is 15.1. The van der Waals surface area contributed by atoms with Gasteiger partial charge in [-0.15, -0.1) is 0 Å². The van der Waals surface area contributed by atoms with Crippen LogP contribution in [0.3, 0.4) is 0 Å². The fraction of sp³-hybridized carbons (Fsp3) is 0.111. The lowest BCUT2D eigenvalue weighted by molar-refractivity contribution is -0.143. The number of hydrogen-bond donors (Lipinski definition) is 0. The number of alkyl halides is 3. The summed E-state index contributed by atoms with van der Waals surface area (Å²) in [5.74, 6) is -17.6. The zero-order valence-corrected chi connectivity index (χ0v) is 26.8. The van der Waals surface area contributed by atoms with Crippen LogP contribution in [0.4, 0.5) is 48.3 Å². The summed E-state index contributed by atoms with van der Waals surface area (Å²) in [5.41, 5.74) is -11.4. The molecule has 0 saturated carbocycles. The Bertz CT molecular complexity index is 2870. The van der Waals surface area contributed by atoms with Gasteiger partial charge >= 0.3 is 6.18 Å². The first-order valence-electron chi connectivity index (χ1n) is 15.0. The summed E-state index contributed by atoms with van der Waals surface area (Å²) in [7, 11) is 0. The van der Waals surface area contributed by atoms with Crippen molar-refractivity contribution in [2.24, 2.45) is 0 Å². The summed E-state index contributed by atoms with van der Waals surface area (Å²) < 4.78 is 159. The van der Waals surface area contributed by atoms with E-state index in [0.29, 0.717) is 6.20 Å². The fourth-order valence-electron chi connectivity index (χ4n) is 6.66. The third-order valence-electron chi connectivity index (χ3n) is 9.02. The summed E-state index contributed by atoms with van der Waals surface area (Å²) >= 11 is 0. The molecule has 0 N–H and O–H groups in total. The van der Waals surface area contributed by atoms with Gasteiger partial charge in [0.15, 0.2) is 46.5 Å². The molecular formula is C36H9F11N8. The molecule has 3 aromatic carbocycles. The lowest BCUT2D eigenvalue weighted by Crippen LogP contribution is -2.26. The van der Waals surface area contributed by atoms with Gasteiger partial charge in [-0.1, -0.05) is 0 Å². The van der Waals surface area contributed by atoms with E-state index in [0.717, 1.165) is 13.1 Å². The van der Waals surface area contributed by atoms with Crippen molar-refractivity contribution >= 4 is 11.4 Å². The smallest absolute Gasteiger partial charge is 0.256 e. The van der Waals surface area contributed by atoms with Gasteiger partial charge in [-0.2, -0.15) is 13.2 Å². The number of fused-ring (bicyclic) bond motifs is 6. The molecule has 19 heteroatoms. The van der Waals surface area contributed by atoms with Gasteiger partial charge in [0.25, 0.3) is 11.4 Å². The zero-order chi connectivity index (χ0) is 40.0. The average Bonchev–Trinajstić information content (AvgIpc) is 3.72. The molecule has 270 valence electrons. The van der Waals surface area contributed by atoms with Crippen molar-refractivity contribution in [2.75, 3.05) is 0 Å². The molecule has 2 aliphatic rings. The van der Waals surface area contributed by atoms with Crippen LogP contribution in [-0.4, -0.2) is 19.9 Å². The lowest BCUT2D eigenvalue weighted by Gasteiger charge is -2.15. The molecule has 0 aliphatic heterocycles. The van der Waals surface area contributed by atoms with Gasteiger partial charge in [0.1, 0.15) is 5.56 Å². The SMILES string of the molecule is [C-]#[N+]/C(C#N)=c1/c2c(/c(=C(\C#N)[N+]#[C-])c3c1-c1nc(-c4c(F)c(F)c(C)c(F)c4F)cnc1C3)-c1nc(-c3c(F)c(F)c(C(F)(F)F)c(F)c3F)cnc1C2. The molecule has 5 aromatic rings. The molecule has 0 fully saturated rings. The van der Waals surface area contributed by atoms with Crippen molar-refractivity contribution in [1.82, 2.24) is 19.9 Å². The summed E-state index contributed by atoms with van der Waals surface area (Å²) in [6, 6.07) is 3.34. The second-order valence-corrected chi connectivity index (χ2v) is 11.8. The predicted octanol–water partition coefficient (Wildman–Crippen LogP) is 7.29. The molecule has 2 aromatic heterocycles. The number of nitrogens with zero attached hydrogens (tertiary/aromatic N) is 8. The molecule has 0 unspecified atom stereocenters. The van der Waals surface area contributed by atoms with E-state index >= 15 is 17.6 Å². The van der Waals surface area contributed by atoms with Gasteiger partial charge in [-0.25, -0.2) is 65.3 Å².